The Hall–Kier alpha value is -1.03. The molecule has 2 fully saturated rings. The van der Waals surface area contributed by atoms with E-state index in [2.05, 4.69) is 10.7 Å². The third kappa shape index (κ3) is 4.23. The van der Waals surface area contributed by atoms with E-state index in [1.54, 1.807) is 11.9 Å². The lowest BCUT2D eigenvalue weighted by atomic mass is 10.1. The fourth-order valence-corrected chi connectivity index (χ4v) is 2.95. The van der Waals surface area contributed by atoms with Gasteiger partial charge in [-0.25, -0.2) is 18.9 Å². The predicted molar refractivity (Wildman–Crippen MR) is 70.6 cm³/mol. The average Bonchev–Trinajstić information content (AvgIpc) is 3.14. The minimum Gasteiger partial charge on any atom is -0.362 e. The van der Waals surface area contributed by atoms with Gasteiger partial charge in [0.05, 0.1) is 31.2 Å². The van der Waals surface area contributed by atoms with Crippen molar-refractivity contribution >= 4 is 21.5 Å². The van der Waals surface area contributed by atoms with Crippen molar-refractivity contribution in [2.75, 3.05) is 44.3 Å². The number of nitrogens with one attached hydrogen (secondary N) is 2. The Kier molecular flexibility index (Phi) is 4.43. The third-order valence-corrected chi connectivity index (χ3v) is 5.03. The molecule has 1 amide bonds. The smallest absolute Gasteiger partial charge is 0.235 e. The van der Waals surface area contributed by atoms with Gasteiger partial charge in [-0.15, -0.1) is 0 Å². The Morgan fingerprint density at radius 1 is 1.25 bits per heavy atom. The normalized spacial score (nSPS) is 28.9. The van der Waals surface area contributed by atoms with Crippen LogP contribution in [0.25, 0.3) is 0 Å². The van der Waals surface area contributed by atoms with Crippen LogP contribution in [0.2, 0.25) is 0 Å². The van der Waals surface area contributed by atoms with Gasteiger partial charge in [-0.3, -0.25) is 9.59 Å². The molecule has 20 heavy (non-hydrogen) atoms. The highest BCUT2D eigenvalue weighted by Gasteiger charge is 2.46. The Morgan fingerprint density at radius 2 is 1.85 bits per heavy atom. The van der Waals surface area contributed by atoms with E-state index in [0.717, 1.165) is 0 Å². The molecule has 2 N–H and O–H groups in total. The molecule has 9 heteroatoms. The fourth-order valence-electron chi connectivity index (χ4n) is 1.75. The summed E-state index contributed by atoms with van der Waals surface area (Å²) in [6.45, 7) is 2.79. The highest BCUT2D eigenvalue weighted by Crippen LogP contribution is 2.26. The fraction of sp³-hybridized carbons (Fsp3) is 0.818. The highest BCUT2D eigenvalue weighted by atomic mass is 32.2. The number of carbonyl (C=O) groups excluding carboxylic acids is 2. The summed E-state index contributed by atoms with van der Waals surface area (Å²) in [6.07, 6.45) is 0. The summed E-state index contributed by atoms with van der Waals surface area (Å²) in [5, 5.41) is 4.21. The Morgan fingerprint density at radius 3 is 2.40 bits per heavy atom. The molecule has 2 aliphatic rings. The standard InChI is InChI=1S/C11H19N3O5S/c1-11(8-19-11)9(15)6-12-10(16)7-13-14-2-4-20(17,18)5-3-14/h13H,2-8H2,1H3,(H,12,16)/t11-/m1/s1. The molecule has 0 radical (unpaired) electrons. The molecule has 0 spiro atoms. The van der Waals surface area contributed by atoms with Crippen molar-refractivity contribution in [2.45, 2.75) is 12.5 Å². The van der Waals surface area contributed by atoms with Crippen LogP contribution >= 0.6 is 0 Å². The van der Waals surface area contributed by atoms with Crippen LogP contribution in [0.1, 0.15) is 6.92 Å². The molecule has 0 saturated carbocycles. The number of ether oxygens (including phenoxy) is 1. The summed E-state index contributed by atoms with van der Waals surface area (Å²) in [6, 6.07) is 0. The van der Waals surface area contributed by atoms with Gasteiger partial charge < -0.3 is 10.1 Å². The number of rotatable bonds is 6. The van der Waals surface area contributed by atoms with E-state index in [1.165, 1.54) is 0 Å². The quantitative estimate of drug-likeness (QED) is 0.531. The van der Waals surface area contributed by atoms with Crippen LogP contribution in [0.15, 0.2) is 0 Å². The topological polar surface area (TPSA) is 108 Å². The Labute approximate surface area is 117 Å². The van der Waals surface area contributed by atoms with Crippen LogP contribution in [-0.2, 0) is 24.2 Å². The second-order valence-corrected chi connectivity index (χ2v) is 7.50. The van der Waals surface area contributed by atoms with Gasteiger partial charge in [-0.05, 0) is 6.92 Å². The van der Waals surface area contributed by atoms with E-state index in [0.29, 0.717) is 19.7 Å². The summed E-state index contributed by atoms with van der Waals surface area (Å²) < 4.78 is 27.4. The van der Waals surface area contributed by atoms with Gasteiger partial charge >= 0.3 is 0 Å². The zero-order valence-electron chi connectivity index (χ0n) is 11.3. The maximum atomic E-state index is 11.6. The van der Waals surface area contributed by atoms with E-state index in [-0.39, 0.29) is 36.3 Å². The second kappa shape index (κ2) is 5.76. The van der Waals surface area contributed by atoms with Crippen LogP contribution in [-0.4, -0.2) is 75.0 Å². The molecule has 1 atom stereocenters. The number of nitrogens with zero attached hydrogens (tertiary/aromatic N) is 1. The zero-order valence-corrected chi connectivity index (χ0v) is 12.2. The van der Waals surface area contributed by atoms with Crippen molar-refractivity contribution in [3.8, 4) is 0 Å². The molecule has 0 aromatic rings. The van der Waals surface area contributed by atoms with Crippen LogP contribution in [0.4, 0.5) is 0 Å². The first-order valence-electron chi connectivity index (χ1n) is 6.44. The molecule has 8 nitrogen and oxygen atoms in total. The van der Waals surface area contributed by atoms with Crippen molar-refractivity contribution in [3.63, 3.8) is 0 Å². The largest absolute Gasteiger partial charge is 0.362 e. The SMILES string of the molecule is C[C@]1(C(=O)CNC(=O)CNN2CCS(=O)(=O)CC2)CO1. The summed E-state index contributed by atoms with van der Waals surface area (Å²) in [5.74, 6) is -0.267. The van der Waals surface area contributed by atoms with E-state index >= 15 is 0 Å². The molecule has 0 aromatic carbocycles. The average molecular weight is 305 g/mol. The molecule has 2 saturated heterocycles. The van der Waals surface area contributed by atoms with Gasteiger partial charge in [-0.2, -0.15) is 0 Å². The van der Waals surface area contributed by atoms with Gasteiger partial charge in [0, 0.05) is 13.1 Å². The zero-order chi connectivity index (χ0) is 14.8. The van der Waals surface area contributed by atoms with Gasteiger partial charge in [0.25, 0.3) is 0 Å². The Bertz CT molecular complexity index is 486. The lowest BCUT2D eigenvalue weighted by Crippen LogP contribution is -2.51. The van der Waals surface area contributed by atoms with Crippen LogP contribution in [0.5, 0.6) is 0 Å². The highest BCUT2D eigenvalue weighted by molar-refractivity contribution is 7.91. The number of Topliss-reactive ketones (excluding diaryl/α,β-unsaturated/α-hetero) is 1. The van der Waals surface area contributed by atoms with E-state index in [1.807, 2.05) is 0 Å². The van der Waals surface area contributed by atoms with Crippen LogP contribution in [0, 0.1) is 0 Å². The molecular formula is C11H19N3O5S. The van der Waals surface area contributed by atoms with Gasteiger partial charge in [0.2, 0.25) is 5.91 Å². The number of sulfone groups is 1. The summed E-state index contributed by atoms with van der Waals surface area (Å²) in [4.78, 5) is 23.1. The van der Waals surface area contributed by atoms with E-state index in [4.69, 9.17) is 4.74 Å². The van der Waals surface area contributed by atoms with Gasteiger partial charge in [0.1, 0.15) is 5.60 Å². The number of ketones is 1. The number of hydrogen-bond donors (Lipinski definition) is 2. The maximum absolute atomic E-state index is 11.6. The first kappa shape index (κ1) is 15.4. The number of hydrazine groups is 1. The molecule has 0 unspecified atom stereocenters. The minimum absolute atomic E-state index is 0.0187. The monoisotopic (exact) mass is 305 g/mol. The van der Waals surface area contributed by atoms with Gasteiger partial charge in [0.15, 0.2) is 15.6 Å². The van der Waals surface area contributed by atoms with Crippen LogP contribution < -0.4 is 10.7 Å². The predicted octanol–water partition coefficient (Wildman–Crippen LogP) is -2.30. The van der Waals surface area contributed by atoms with Crippen molar-refractivity contribution in [1.82, 2.24) is 15.8 Å². The number of amides is 1. The molecule has 2 heterocycles. The first-order valence-corrected chi connectivity index (χ1v) is 8.26. The molecule has 0 aromatic heterocycles. The third-order valence-electron chi connectivity index (χ3n) is 3.42. The lowest BCUT2D eigenvalue weighted by molar-refractivity contribution is -0.127. The molecular weight excluding hydrogens is 286 g/mol. The Balaban J connectivity index is 1.62. The van der Waals surface area contributed by atoms with Crippen molar-refractivity contribution < 1.29 is 22.7 Å². The van der Waals surface area contributed by atoms with E-state index in [9.17, 15) is 18.0 Å². The molecule has 0 bridgehead atoms. The number of epoxide rings is 1. The number of carbonyl (C=O) groups is 2. The second-order valence-electron chi connectivity index (χ2n) is 5.19. The summed E-state index contributed by atoms with van der Waals surface area (Å²) in [5.41, 5.74) is 2.13. The summed E-state index contributed by atoms with van der Waals surface area (Å²) in [7, 11) is -2.93. The van der Waals surface area contributed by atoms with Crippen LogP contribution in [0.3, 0.4) is 0 Å². The molecule has 0 aliphatic carbocycles. The minimum atomic E-state index is -2.93. The maximum Gasteiger partial charge on any atom is 0.235 e. The first-order chi connectivity index (χ1) is 9.31. The molecule has 114 valence electrons. The van der Waals surface area contributed by atoms with E-state index < -0.39 is 15.4 Å². The van der Waals surface area contributed by atoms with Gasteiger partial charge in [-0.1, -0.05) is 0 Å². The van der Waals surface area contributed by atoms with Crippen molar-refractivity contribution in [3.05, 3.63) is 0 Å². The summed E-state index contributed by atoms with van der Waals surface area (Å²) >= 11 is 0. The van der Waals surface area contributed by atoms with Crippen molar-refractivity contribution in [1.29, 1.82) is 0 Å². The molecule has 2 aliphatic heterocycles. The lowest BCUT2D eigenvalue weighted by Gasteiger charge is -2.26. The number of hydrogen-bond acceptors (Lipinski definition) is 7. The molecule has 2 rings (SSSR count). The van der Waals surface area contributed by atoms with Crippen molar-refractivity contribution in [2.24, 2.45) is 0 Å².